The summed E-state index contributed by atoms with van der Waals surface area (Å²) in [5.41, 5.74) is 6.03. The van der Waals surface area contributed by atoms with Gasteiger partial charge in [-0.15, -0.1) is 0 Å². The number of nitrogens with zero attached hydrogens (tertiary/aromatic N) is 1. The standard InChI is InChI=1S/C23H28N2O6/c1-3-4-14-30-19-11-10-17(15-20(19)29-2)23(28)31-16-22(27)25(13-12-21(24)26)18-8-6-5-7-9-18/h5-11,15H,3-4,12-14,16H2,1-2H3,(H2,24,26). The first-order valence-corrected chi connectivity index (χ1v) is 10.1. The largest absolute Gasteiger partial charge is 0.493 e. The molecule has 2 amide bonds. The van der Waals surface area contributed by atoms with Gasteiger partial charge < -0.3 is 24.8 Å². The number of primary amides is 1. The van der Waals surface area contributed by atoms with Gasteiger partial charge in [0, 0.05) is 18.7 Å². The van der Waals surface area contributed by atoms with E-state index in [0.717, 1.165) is 12.8 Å². The molecule has 2 aromatic rings. The van der Waals surface area contributed by atoms with Crippen LogP contribution in [0.1, 0.15) is 36.5 Å². The topological polar surface area (TPSA) is 108 Å². The van der Waals surface area contributed by atoms with Crippen LogP contribution in [0.3, 0.4) is 0 Å². The number of amides is 2. The molecule has 0 fully saturated rings. The summed E-state index contributed by atoms with van der Waals surface area (Å²) in [6.45, 7) is 2.22. The summed E-state index contributed by atoms with van der Waals surface area (Å²) in [5.74, 6) is -0.726. The maximum absolute atomic E-state index is 12.7. The average molecular weight is 428 g/mol. The first-order valence-electron chi connectivity index (χ1n) is 10.1. The van der Waals surface area contributed by atoms with E-state index in [4.69, 9.17) is 19.9 Å². The molecule has 0 aliphatic rings. The van der Waals surface area contributed by atoms with Gasteiger partial charge >= 0.3 is 5.97 Å². The third kappa shape index (κ3) is 7.33. The van der Waals surface area contributed by atoms with Crippen LogP contribution in [0, 0.1) is 0 Å². The number of carbonyl (C=O) groups is 3. The smallest absolute Gasteiger partial charge is 0.338 e. The molecule has 0 spiro atoms. The van der Waals surface area contributed by atoms with Crippen LogP contribution < -0.4 is 20.1 Å². The Morgan fingerprint density at radius 1 is 1.03 bits per heavy atom. The Morgan fingerprint density at radius 3 is 2.42 bits per heavy atom. The number of carbonyl (C=O) groups excluding carboxylic acids is 3. The third-order valence-electron chi connectivity index (χ3n) is 4.43. The quantitative estimate of drug-likeness (QED) is 0.411. The minimum absolute atomic E-state index is 0.00866. The van der Waals surface area contributed by atoms with Gasteiger partial charge in [0.15, 0.2) is 18.1 Å². The number of anilines is 1. The average Bonchev–Trinajstić information content (AvgIpc) is 2.78. The van der Waals surface area contributed by atoms with Gasteiger partial charge in [0.2, 0.25) is 5.91 Å². The minimum atomic E-state index is -0.672. The van der Waals surface area contributed by atoms with Crippen molar-refractivity contribution in [3.63, 3.8) is 0 Å². The van der Waals surface area contributed by atoms with Gasteiger partial charge in [0.05, 0.1) is 19.3 Å². The number of benzene rings is 2. The van der Waals surface area contributed by atoms with Gasteiger partial charge in [-0.25, -0.2) is 4.79 Å². The van der Waals surface area contributed by atoms with Crippen LogP contribution in [-0.2, 0) is 14.3 Å². The van der Waals surface area contributed by atoms with E-state index in [1.54, 1.807) is 36.4 Å². The monoisotopic (exact) mass is 428 g/mol. The molecule has 31 heavy (non-hydrogen) atoms. The molecule has 0 saturated carbocycles. The summed E-state index contributed by atoms with van der Waals surface area (Å²) in [5, 5.41) is 0. The number of nitrogens with two attached hydrogens (primary N) is 1. The number of hydrogen-bond donors (Lipinski definition) is 1. The Balaban J connectivity index is 2.03. The van der Waals surface area contributed by atoms with Crippen molar-refractivity contribution in [1.82, 2.24) is 0 Å². The molecule has 8 heteroatoms. The lowest BCUT2D eigenvalue weighted by atomic mass is 10.2. The van der Waals surface area contributed by atoms with Crippen LogP contribution in [0.2, 0.25) is 0 Å². The Morgan fingerprint density at radius 2 is 1.77 bits per heavy atom. The molecule has 0 aliphatic carbocycles. The van der Waals surface area contributed by atoms with Gasteiger partial charge in [0.25, 0.3) is 5.91 Å². The summed E-state index contributed by atoms with van der Waals surface area (Å²) in [4.78, 5) is 37.6. The first kappa shape index (κ1) is 23.7. The number of hydrogen-bond acceptors (Lipinski definition) is 6. The summed E-state index contributed by atoms with van der Waals surface area (Å²) in [6, 6.07) is 13.5. The summed E-state index contributed by atoms with van der Waals surface area (Å²) >= 11 is 0. The van der Waals surface area contributed by atoms with Crippen molar-refractivity contribution in [2.24, 2.45) is 5.73 Å². The molecule has 0 bridgehead atoms. The minimum Gasteiger partial charge on any atom is -0.493 e. The predicted molar refractivity (Wildman–Crippen MR) is 116 cm³/mol. The second kappa shape index (κ2) is 12.2. The second-order valence-corrected chi connectivity index (χ2v) is 6.74. The molecule has 0 atom stereocenters. The fraction of sp³-hybridized carbons (Fsp3) is 0.348. The Hall–Kier alpha value is -3.55. The third-order valence-corrected chi connectivity index (χ3v) is 4.43. The summed E-state index contributed by atoms with van der Waals surface area (Å²) < 4.78 is 16.1. The fourth-order valence-electron chi connectivity index (χ4n) is 2.76. The zero-order chi connectivity index (χ0) is 22.6. The van der Waals surface area contributed by atoms with E-state index < -0.39 is 24.4 Å². The van der Waals surface area contributed by atoms with Gasteiger partial charge in [-0.1, -0.05) is 31.5 Å². The Bertz CT molecular complexity index is 885. The first-order chi connectivity index (χ1) is 15.0. The molecular weight excluding hydrogens is 400 g/mol. The number of methoxy groups -OCH3 is 1. The lowest BCUT2D eigenvalue weighted by molar-refractivity contribution is -0.121. The molecule has 0 saturated heterocycles. The van der Waals surface area contributed by atoms with Crippen LogP contribution in [0.5, 0.6) is 11.5 Å². The lowest BCUT2D eigenvalue weighted by Gasteiger charge is -2.22. The zero-order valence-electron chi connectivity index (χ0n) is 17.8. The molecule has 0 aromatic heterocycles. The zero-order valence-corrected chi connectivity index (χ0v) is 17.8. The number of unbranched alkanes of at least 4 members (excludes halogenated alkanes) is 1. The Kier molecular flexibility index (Phi) is 9.35. The molecule has 2 N–H and O–H groups in total. The number of ether oxygens (including phenoxy) is 3. The van der Waals surface area contributed by atoms with Crippen molar-refractivity contribution >= 4 is 23.5 Å². The fourth-order valence-corrected chi connectivity index (χ4v) is 2.76. The number of para-hydroxylation sites is 1. The lowest BCUT2D eigenvalue weighted by Crippen LogP contribution is -2.37. The van der Waals surface area contributed by atoms with Crippen LogP contribution in [0.25, 0.3) is 0 Å². The Labute approximate surface area is 181 Å². The van der Waals surface area contributed by atoms with Crippen LogP contribution >= 0.6 is 0 Å². The molecule has 0 heterocycles. The van der Waals surface area contributed by atoms with Gasteiger partial charge in [-0.3, -0.25) is 9.59 Å². The van der Waals surface area contributed by atoms with E-state index in [9.17, 15) is 14.4 Å². The molecule has 8 nitrogen and oxygen atoms in total. The van der Waals surface area contributed by atoms with E-state index >= 15 is 0 Å². The van der Waals surface area contributed by atoms with E-state index in [2.05, 4.69) is 6.92 Å². The van der Waals surface area contributed by atoms with Crippen molar-refractivity contribution in [3.8, 4) is 11.5 Å². The van der Waals surface area contributed by atoms with Gasteiger partial charge in [-0.2, -0.15) is 0 Å². The molecule has 0 unspecified atom stereocenters. The van der Waals surface area contributed by atoms with Crippen molar-refractivity contribution in [3.05, 3.63) is 54.1 Å². The molecule has 0 radical (unpaired) electrons. The van der Waals surface area contributed by atoms with Crippen LogP contribution in [0.15, 0.2) is 48.5 Å². The van der Waals surface area contributed by atoms with Crippen LogP contribution in [-0.4, -0.2) is 44.7 Å². The van der Waals surface area contributed by atoms with E-state index in [-0.39, 0.29) is 18.5 Å². The summed E-state index contributed by atoms with van der Waals surface area (Å²) in [6.07, 6.45) is 1.90. The highest BCUT2D eigenvalue weighted by Crippen LogP contribution is 2.28. The molecular formula is C23H28N2O6. The predicted octanol–water partition coefficient (Wildman–Crippen LogP) is 2.94. The molecule has 2 aromatic carbocycles. The summed E-state index contributed by atoms with van der Waals surface area (Å²) in [7, 11) is 1.48. The highest BCUT2D eigenvalue weighted by molar-refractivity contribution is 5.97. The van der Waals surface area contributed by atoms with Crippen molar-refractivity contribution < 1.29 is 28.6 Å². The normalized spacial score (nSPS) is 10.3. The van der Waals surface area contributed by atoms with Gasteiger partial charge in [-0.05, 0) is 36.8 Å². The van der Waals surface area contributed by atoms with Crippen molar-refractivity contribution in [1.29, 1.82) is 0 Å². The molecule has 2 rings (SSSR count). The highest BCUT2D eigenvalue weighted by Gasteiger charge is 2.19. The van der Waals surface area contributed by atoms with E-state index in [0.29, 0.717) is 23.8 Å². The second-order valence-electron chi connectivity index (χ2n) is 6.74. The van der Waals surface area contributed by atoms with E-state index in [1.807, 2.05) is 6.07 Å². The highest BCUT2D eigenvalue weighted by atomic mass is 16.5. The van der Waals surface area contributed by atoms with E-state index in [1.165, 1.54) is 18.1 Å². The van der Waals surface area contributed by atoms with Crippen LogP contribution in [0.4, 0.5) is 5.69 Å². The van der Waals surface area contributed by atoms with Gasteiger partial charge in [0.1, 0.15) is 0 Å². The molecule has 166 valence electrons. The van der Waals surface area contributed by atoms with Crippen molar-refractivity contribution in [2.75, 3.05) is 31.8 Å². The van der Waals surface area contributed by atoms with Crippen molar-refractivity contribution in [2.45, 2.75) is 26.2 Å². The molecule has 0 aliphatic heterocycles. The SMILES string of the molecule is CCCCOc1ccc(C(=O)OCC(=O)N(CCC(N)=O)c2ccccc2)cc1OC. The maximum atomic E-state index is 12.7. The number of esters is 1. The number of rotatable bonds is 12. The maximum Gasteiger partial charge on any atom is 0.338 e.